The minimum atomic E-state index is 0.752. The molecule has 0 nitrogen and oxygen atoms in total. The number of benzene rings is 1. The molecule has 2 rings (SSSR count). The fourth-order valence-electron chi connectivity index (χ4n) is 2.29. The number of hydrogen-bond acceptors (Lipinski definition) is 0. The van der Waals surface area contributed by atoms with Crippen molar-refractivity contribution < 1.29 is 0 Å². The van der Waals surface area contributed by atoms with Crippen LogP contribution in [0.3, 0.4) is 0 Å². The van der Waals surface area contributed by atoms with Crippen molar-refractivity contribution in [3.05, 3.63) is 47.5 Å². The standard InChI is InChI=1S/C15H20/c1-13-9-11-15(12-10-13)14-7-5-3-2-4-6-8-14/h3,5,9-12,14H,2,4,6-8H2,1H3. The Morgan fingerprint density at radius 3 is 2.60 bits per heavy atom. The number of aryl methyl sites for hydroxylation is 1. The van der Waals surface area contributed by atoms with Gasteiger partial charge in [-0.3, -0.25) is 0 Å². The van der Waals surface area contributed by atoms with Gasteiger partial charge in [-0.05, 0) is 44.1 Å². The number of rotatable bonds is 1. The molecular weight excluding hydrogens is 180 g/mol. The van der Waals surface area contributed by atoms with Crippen LogP contribution in [0.5, 0.6) is 0 Å². The average Bonchev–Trinajstić information content (AvgIpc) is 2.19. The Hall–Kier alpha value is -1.04. The lowest BCUT2D eigenvalue weighted by Crippen LogP contribution is -1.99. The summed E-state index contributed by atoms with van der Waals surface area (Å²) in [6.45, 7) is 2.15. The van der Waals surface area contributed by atoms with Crippen LogP contribution in [0, 0.1) is 6.92 Å². The summed E-state index contributed by atoms with van der Waals surface area (Å²) in [5.74, 6) is 0.752. The van der Waals surface area contributed by atoms with Gasteiger partial charge < -0.3 is 0 Å². The molecule has 0 saturated heterocycles. The fourth-order valence-corrected chi connectivity index (χ4v) is 2.29. The predicted molar refractivity (Wildman–Crippen MR) is 66.1 cm³/mol. The molecule has 1 aromatic carbocycles. The molecule has 0 aliphatic heterocycles. The molecule has 0 heteroatoms. The van der Waals surface area contributed by atoms with E-state index in [4.69, 9.17) is 0 Å². The van der Waals surface area contributed by atoms with Crippen LogP contribution in [0.25, 0.3) is 0 Å². The van der Waals surface area contributed by atoms with Gasteiger partial charge in [0.25, 0.3) is 0 Å². The van der Waals surface area contributed by atoms with Crippen LogP contribution in [0.2, 0.25) is 0 Å². The molecule has 0 saturated carbocycles. The zero-order chi connectivity index (χ0) is 10.5. The minimum Gasteiger partial charge on any atom is -0.0885 e. The molecule has 0 N–H and O–H groups in total. The normalized spacial score (nSPS) is 22.1. The van der Waals surface area contributed by atoms with Crippen molar-refractivity contribution in [3.8, 4) is 0 Å². The van der Waals surface area contributed by atoms with E-state index in [9.17, 15) is 0 Å². The van der Waals surface area contributed by atoms with Gasteiger partial charge in [-0.25, -0.2) is 0 Å². The van der Waals surface area contributed by atoms with Crippen molar-refractivity contribution in [2.45, 2.75) is 44.9 Å². The van der Waals surface area contributed by atoms with Crippen LogP contribution in [0.1, 0.15) is 49.1 Å². The third kappa shape index (κ3) is 2.95. The second kappa shape index (κ2) is 5.16. The molecule has 0 fully saturated rings. The minimum absolute atomic E-state index is 0.752. The van der Waals surface area contributed by atoms with Crippen LogP contribution < -0.4 is 0 Å². The van der Waals surface area contributed by atoms with Gasteiger partial charge in [-0.1, -0.05) is 48.4 Å². The molecule has 1 unspecified atom stereocenters. The summed E-state index contributed by atoms with van der Waals surface area (Å²) in [6.07, 6.45) is 11.3. The summed E-state index contributed by atoms with van der Waals surface area (Å²) >= 11 is 0. The van der Waals surface area contributed by atoms with Gasteiger partial charge in [0.1, 0.15) is 0 Å². The van der Waals surface area contributed by atoms with E-state index in [2.05, 4.69) is 43.3 Å². The molecule has 1 aliphatic carbocycles. The summed E-state index contributed by atoms with van der Waals surface area (Å²) in [6, 6.07) is 9.07. The van der Waals surface area contributed by atoms with Crippen molar-refractivity contribution in [3.63, 3.8) is 0 Å². The lowest BCUT2D eigenvalue weighted by molar-refractivity contribution is 0.566. The van der Waals surface area contributed by atoms with Gasteiger partial charge in [0.05, 0.1) is 0 Å². The number of allylic oxidation sites excluding steroid dienone is 2. The molecule has 0 amide bonds. The number of hydrogen-bond donors (Lipinski definition) is 0. The third-order valence-corrected chi connectivity index (χ3v) is 3.31. The van der Waals surface area contributed by atoms with E-state index in [-0.39, 0.29) is 0 Å². The van der Waals surface area contributed by atoms with Crippen LogP contribution >= 0.6 is 0 Å². The Balaban J connectivity index is 2.10. The summed E-state index contributed by atoms with van der Waals surface area (Å²) in [4.78, 5) is 0. The highest BCUT2D eigenvalue weighted by Crippen LogP contribution is 2.28. The fraction of sp³-hybridized carbons (Fsp3) is 0.467. The zero-order valence-corrected chi connectivity index (χ0v) is 9.58. The van der Waals surface area contributed by atoms with Gasteiger partial charge >= 0.3 is 0 Å². The Kier molecular flexibility index (Phi) is 3.60. The van der Waals surface area contributed by atoms with Gasteiger partial charge in [-0.15, -0.1) is 0 Å². The van der Waals surface area contributed by atoms with Crippen molar-refractivity contribution >= 4 is 0 Å². The van der Waals surface area contributed by atoms with E-state index in [1.807, 2.05) is 0 Å². The zero-order valence-electron chi connectivity index (χ0n) is 9.58. The van der Waals surface area contributed by atoms with Crippen molar-refractivity contribution in [2.75, 3.05) is 0 Å². The first-order valence-electron chi connectivity index (χ1n) is 6.08. The summed E-state index contributed by atoms with van der Waals surface area (Å²) in [7, 11) is 0. The SMILES string of the molecule is Cc1ccc(C2CC=CCCCC2)cc1. The van der Waals surface area contributed by atoms with E-state index >= 15 is 0 Å². The highest BCUT2D eigenvalue weighted by Gasteiger charge is 2.10. The van der Waals surface area contributed by atoms with Gasteiger partial charge in [0.15, 0.2) is 0 Å². The maximum atomic E-state index is 2.36. The Morgan fingerprint density at radius 2 is 1.80 bits per heavy atom. The lowest BCUT2D eigenvalue weighted by atomic mass is 9.88. The molecule has 0 bridgehead atoms. The molecule has 0 heterocycles. The lowest BCUT2D eigenvalue weighted by Gasteiger charge is -2.17. The van der Waals surface area contributed by atoms with E-state index in [1.54, 1.807) is 0 Å². The van der Waals surface area contributed by atoms with Crippen LogP contribution in [-0.4, -0.2) is 0 Å². The average molecular weight is 200 g/mol. The molecule has 0 spiro atoms. The van der Waals surface area contributed by atoms with Crippen molar-refractivity contribution in [1.29, 1.82) is 0 Å². The van der Waals surface area contributed by atoms with Crippen LogP contribution in [0.15, 0.2) is 36.4 Å². The molecule has 15 heavy (non-hydrogen) atoms. The Bertz CT molecular complexity index is 318. The van der Waals surface area contributed by atoms with E-state index < -0.39 is 0 Å². The van der Waals surface area contributed by atoms with Crippen LogP contribution in [0.4, 0.5) is 0 Å². The maximum absolute atomic E-state index is 2.36. The molecule has 1 aromatic rings. The summed E-state index contributed by atoms with van der Waals surface area (Å²) in [5, 5.41) is 0. The molecular formula is C15H20. The first-order valence-corrected chi connectivity index (χ1v) is 6.08. The van der Waals surface area contributed by atoms with E-state index in [1.165, 1.54) is 43.2 Å². The smallest absolute Gasteiger partial charge is 0.0127 e. The van der Waals surface area contributed by atoms with Gasteiger partial charge in [0, 0.05) is 0 Å². The van der Waals surface area contributed by atoms with Gasteiger partial charge in [0.2, 0.25) is 0 Å². The molecule has 1 aliphatic rings. The monoisotopic (exact) mass is 200 g/mol. The highest BCUT2D eigenvalue weighted by molar-refractivity contribution is 5.25. The highest BCUT2D eigenvalue weighted by atomic mass is 14.2. The summed E-state index contributed by atoms with van der Waals surface area (Å²) in [5.41, 5.74) is 2.88. The molecule has 0 aromatic heterocycles. The van der Waals surface area contributed by atoms with E-state index in [0.717, 1.165) is 5.92 Å². The quantitative estimate of drug-likeness (QED) is 0.581. The molecule has 80 valence electrons. The Morgan fingerprint density at radius 1 is 1.00 bits per heavy atom. The Labute approximate surface area is 93.0 Å². The molecule has 1 atom stereocenters. The first kappa shape index (κ1) is 10.5. The second-order valence-corrected chi connectivity index (χ2v) is 4.60. The predicted octanol–water partition coefficient (Wildman–Crippen LogP) is 4.60. The van der Waals surface area contributed by atoms with E-state index in [0.29, 0.717) is 0 Å². The largest absolute Gasteiger partial charge is 0.0885 e. The van der Waals surface area contributed by atoms with Crippen LogP contribution in [-0.2, 0) is 0 Å². The second-order valence-electron chi connectivity index (χ2n) is 4.60. The first-order chi connectivity index (χ1) is 7.36. The third-order valence-electron chi connectivity index (χ3n) is 3.31. The topological polar surface area (TPSA) is 0 Å². The van der Waals surface area contributed by atoms with Crippen molar-refractivity contribution in [2.24, 2.45) is 0 Å². The van der Waals surface area contributed by atoms with Crippen molar-refractivity contribution in [1.82, 2.24) is 0 Å². The maximum Gasteiger partial charge on any atom is -0.0127 e. The van der Waals surface area contributed by atoms with Gasteiger partial charge in [-0.2, -0.15) is 0 Å². The summed E-state index contributed by atoms with van der Waals surface area (Å²) < 4.78 is 0. The molecule has 0 radical (unpaired) electrons.